The van der Waals surface area contributed by atoms with Crippen molar-refractivity contribution < 1.29 is 13.5 Å². The Labute approximate surface area is 118 Å². The van der Waals surface area contributed by atoms with Crippen molar-refractivity contribution in [3.63, 3.8) is 0 Å². The zero-order valence-corrected chi connectivity index (χ0v) is 12.7. The van der Waals surface area contributed by atoms with Crippen molar-refractivity contribution in [2.75, 3.05) is 11.5 Å². The van der Waals surface area contributed by atoms with Gasteiger partial charge in [-0.3, -0.25) is 4.68 Å². The molecule has 0 amide bonds. The lowest BCUT2D eigenvalue weighted by Crippen LogP contribution is -2.17. The molecule has 108 valence electrons. The Morgan fingerprint density at radius 1 is 1.58 bits per heavy atom. The molecule has 1 saturated heterocycles. The van der Waals surface area contributed by atoms with Gasteiger partial charge in [-0.15, -0.1) is 0 Å². The number of aromatic nitrogens is 2. The second kappa shape index (κ2) is 5.42. The van der Waals surface area contributed by atoms with Crippen molar-refractivity contribution in [2.24, 2.45) is 13.0 Å². The minimum absolute atomic E-state index is 0.0655. The van der Waals surface area contributed by atoms with Crippen LogP contribution in [0.2, 0.25) is 5.15 Å². The molecule has 1 aliphatic rings. The van der Waals surface area contributed by atoms with Crippen LogP contribution < -0.4 is 0 Å². The highest BCUT2D eigenvalue weighted by Gasteiger charge is 2.29. The van der Waals surface area contributed by atoms with E-state index in [4.69, 9.17) is 11.6 Å². The van der Waals surface area contributed by atoms with Gasteiger partial charge in [0.25, 0.3) is 0 Å². The second-order valence-corrected chi connectivity index (χ2v) is 7.93. The van der Waals surface area contributed by atoms with Crippen molar-refractivity contribution >= 4 is 21.4 Å². The molecular weight excluding hydrogens is 288 g/mol. The minimum Gasteiger partial charge on any atom is -0.393 e. The smallest absolute Gasteiger partial charge is 0.150 e. The number of aryl methyl sites for hydroxylation is 2. The number of hydrogen-bond acceptors (Lipinski definition) is 4. The molecule has 1 aliphatic heterocycles. The summed E-state index contributed by atoms with van der Waals surface area (Å²) in [5.74, 6) is 0.511. The highest BCUT2D eigenvalue weighted by Crippen LogP contribution is 2.26. The van der Waals surface area contributed by atoms with Gasteiger partial charge in [0.1, 0.15) is 5.15 Å². The first kappa shape index (κ1) is 14.8. The van der Waals surface area contributed by atoms with Gasteiger partial charge in [0, 0.05) is 19.0 Å². The first-order valence-corrected chi connectivity index (χ1v) is 8.55. The fraction of sp³-hybridized carbons (Fsp3) is 0.750. The maximum atomic E-state index is 11.4. The number of rotatable bonds is 4. The van der Waals surface area contributed by atoms with Crippen LogP contribution in [0.3, 0.4) is 0 Å². The third-order valence-electron chi connectivity index (χ3n) is 3.64. The third kappa shape index (κ3) is 3.49. The standard InChI is InChI=1S/C12H19ClN2O3S/c1-8-11(12(13)15(2)14-8)6-10(16)5-9-3-4-19(17,18)7-9/h9-10,16H,3-7H2,1-2H3. The predicted octanol–water partition coefficient (Wildman–Crippen LogP) is 1.11. The zero-order chi connectivity index (χ0) is 14.2. The fourth-order valence-electron chi connectivity index (χ4n) is 2.67. The van der Waals surface area contributed by atoms with Crippen LogP contribution in [0.4, 0.5) is 0 Å². The van der Waals surface area contributed by atoms with Crippen LogP contribution in [0.15, 0.2) is 0 Å². The molecule has 1 N–H and O–H groups in total. The molecule has 0 aliphatic carbocycles. The zero-order valence-electron chi connectivity index (χ0n) is 11.1. The maximum Gasteiger partial charge on any atom is 0.150 e. The summed E-state index contributed by atoms with van der Waals surface area (Å²) in [4.78, 5) is 0. The van der Waals surface area contributed by atoms with E-state index in [-0.39, 0.29) is 17.4 Å². The second-order valence-electron chi connectivity index (χ2n) is 5.34. The predicted molar refractivity (Wildman–Crippen MR) is 74.0 cm³/mol. The summed E-state index contributed by atoms with van der Waals surface area (Å²) in [6.45, 7) is 1.86. The molecule has 5 nitrogen and oxygen atoms in total. The molecule has 2 atom stereocenters. The van der Waals surface area contributed by atoms with E-state index >= 15 is 0 Å². The topological polar surface area (TPSA) is 72.2 Å². The Bertz CT molecular complexity index is 568. The summed E-state index contributed by atoms with van der Waals surface area (Å²) in [7, 11) is -1.12. The number of aliphatic hydroxyl groups excluding tert-OH is 1. The van der Waals surface area contributed by atoms with Crippen molar-refractivity contribution in [1.29, 1.82) is 0 Å². The van der Waals surface area contributed by atoms with Gasteiger partial charge in [0.05, 0.1) is 23.3 Å². The number of sulfone groups is 1. The Hall–Kier alpha value is -0.590. The monoisotopic (exact) mass is 306 g/mol. The summed E-state index contributed by atoms with van der Waals surface area (Å²) in [5, 5.41) is 14.8. The molecule has 0 radical (unpaired) electrons. The van der Waals surface area contributed by atoms with Gasteiger partial charge < -0.3 is 5.11 Å². The van der Waals surface area contributed by atoms with Gasteiger partial charge in [0.2, 0.25) is 0 Å². The molecule has 7 heteroatoms. The van der Waals surface area contributed by atoms with Crippen LogP contribution in [0.5, 0.6) is 0 Å². The molecule has 0 bridgehead atoms. The van der Waals surface area contributed by atoms with E-state index in [0.717, 1.165) is 11.3 Å². The summed E-state index contributed by atoms with van der Waals surface area (Å²) >= 11 is 6.11. The van der Waals surface area contributed by atoms with Gasteiger partial charge in [-0.1, -0.05) is 11.6 Å². The van der Waals surface area contributed by atoms with Gasteiger partial charge in [-0.05, 0) is 25.7 Å². The SMILES string of the molecule is Cc1nn(C)c(Cl)c1CC(O)CC1CCS(=O)(=O)C1. The van der Waals surface area contributed by atoms with Gasteiger partial charge in [-0.25, -0.2) is 8.42 Å². The largest absolute Gasteiger partial charge is 0.393 e. The summed E-state index contributed by atoms with van der Waals surface area (Å²) < 4.78 is 24.3. The van der Waals surface area contributed by atoms with Crippen LogP contribution in [0, 0.1) is 12.8 Å². The molecular formula is C12H19ClN2O3S. The van der Waals surface area contributed by atoms with E-state index < -0.39 is 15.9 Å². The van der Waals surface area contributed by atoms with Gasteiger partial charge in [-0.2, -0.15) is 5.10 Å². The number of halogens is 1. The molecule has 2 heterocycles. The normalized spacial score (nSPS) is 23.7. The van der Waals surface area contributed by atoms with E-state index in [1.165, 1.54) is 0 Å². The molecule has 0 spiro atoms. The van der Waals surface area contributed by atoms with Crippen LogP contribution in [0.25, 0.3) is 0 Å². The average molecular weight is 307 g/mol. The van der Waals surface area contributed by atoms with Crippen molar-refractivity contribution in [1.82, 2.24) is 9.78 Å². The molecule has 2 rings (SSSR count). The Kier molecular flexibility index (Phi) is 4.23. The summed E-state index contributed by atoms with van der Waals surface area (Å²) in [6, 6.07) is 0. The lowest BCUT2D eigenvalue weighted by molar-refractivity contribution is 0.146. The minimum atomic E-state index is -2.88. The van der Waals surface area contributed by atoms with Crippen LogP contribution in [-0.4, -0.2) is 40.9 Å². The molecule has 1 aromatic rings. The number of aliphatic hydroxyl groups is 1. The highest BCUT2D eigenvalue weighted by atomic mass is 35.5. The lowest BCUT2D eigenvalue weighted by Gasteiger charge is -2.14. The van der Waals surface area contributed by atoms with E-state index in [2.05, 4.69) is 5.10 Å². The Balaban J connectivity index is 1.96. The third-order valence-corrected chi connectivity index (χ3v) is 5.95. The van der Waals surface area contributed by atoms with Crippen molar-refractivity contribution in [3.8, 4) is 0 Å². The van der Waals surface area contributed by atoms with Gasteiger partial charge in [0.15, 0.2) is 9.84 Å². The number of hydrogen-bond donors (Lipinski definition) is 1. The molecule has 1 aromatic heterocycles. The van der Waals surface area contributed by atoms with E-state index in [0.29, 0.717) is 24.4 Å². The first-order chi connectivity index (χ1) is 8.78. The first-order valence-electron chi connectivity index (χ1n) is 6.35. The van der Waals surface area contributed by atoms with Crippen molar-refractivity contribution in [2.45, 2.75) is 32.3 Å². The maximum absolute atomic E-state index is 11.4. The average Bonchev–Trinajstić information content (AvgIpc) is 2.74. The van der Waals surface area contributed by atoms with E-state index in [9.17, 15) is 13.5 Å². The molecule has 1 fully saturated rings. The van der Waals surface area contributed by atoms with E-state index in [1.54, 1.807) is 11.7 Å². The van der Waals surface area contributed by atoms with Crippen LogP contribution in [0.1, 0.15) is 24.1 Å². The number of nitrogens with zero attached hydrogens (tertiary/aromatic N) is 2. The summed E-state index contributed by atoms with van der Waals surface area (Å²) in [5.41, 5.74) is 1.66. The highest BCUT2D eigenvalue weighted by molar-refractivity contribution is 7.91. The van der Waals surface area contributed by atoms with Crippen LogP contribution in [-0.2, 0) is 23.3 Å². The lowest BCUT2D eigenvalue weighted by atomic mass is 9.97. The van der Waals surface area contributed by atoms with Crippen LogP contribution >= 0.6 is 11.6 Å². The fourth-order valence-corrected chi connectivity index (χ4v) is 4.80. The molecule has 19 heavy (non-hydrogen) atoms. The molecule has 2 unspecified atom stereocenters. The summed E-state index contributed by atoms with van der Waals surface area (Å²) in [6.07, 6.45) is 1.01. The Morgan fingerprint density at radius 3 is 2.74 bits per heavy atom. The van der Waals surface area contributed by atoms with E-state index in [1.807, 2.05) is 6.92 Å². The van der Waals surface area contributed by atoms with Crippen molar-refractivity contribution in [3.05, 3.63) is 16.4 Å². The van der Waals surface area contributed by atoms with Gasteiger partial charge >= 0.3 is 0 Å². The molecule has 0 saturated carbocycles. The quantitative estimate of drug-likeness (QED) is 0.904. The Morgan fingerprint density at radius 2 is 2.26 bits per heavy atom. The molecule has 0 aromatic carbocycles.